The van der Waals surface area contributed by atoms with Gasteiger partial charge in [0, 0.05) is 0 Å². The summed E-state index contributed by atoms with van der Waals surface area (Å²) in [6.45, 7) is 8.40. The van der Waals surface area contributed by atoms with Gasteiger partial charge in [-0.25, -0.2) is 0 Å². The first-order valence-electron chi connectivity index (χ1n) is 7.89. The van der Waals surface area contributed by atoms with Crippen molar-refractivity contribution in [2.75, 3.05) is 0 Å². The molecule has 0 atom stereocenters. The quantitative estimate of drug-likeness (QED) is 0.583. The average molecular weight is 266 g/mol. The van der Waals surface area contributed by atoms with Crippen LogP contribution in [0.3, 0.4) is 0 Å². The summed E-state index contributed by atoms with van der Waals surface area (Å²) in [6, 6.07) is 6.83. The number of aryl methyl sites for hydroxylation is 2. The van der Waals surface area contributed by atoms with E-state index in [0.29, 0.717) is 0 Å². The standard InChI is InChI=1S/C18H20.C2H6/c1-13-3-6-15(7-4-13)17-10-9-16-11-14(2)5-8-18(16)12-17;1-2/h3,5-6,8,11-12H,4,7,9-10H2,1-2H3;1-2H3. The topological polar surface area (TPSA) is 0 Å². The monoisotopic (exact) mass is 266 g/mol. The maximum absolute atomic E-state index is 2.40. The second kappa shape index (κ2) is 6.74. The fraction of sp³-hybridized carbons (Fsp3) is 0.400. The van der Waals surface area contributed by atoms with Gasteiger partial charge in [0.25, 0.3) is 0 Å². The third-order valence-electron chi connectivity index (χ3n) is 4.06. The highest BCUT2D eigenvalue weighted by Crippen LogP contribution is 2.32. The normalized spacial score (nSPS) is 17.1. The largest absolute Gasteiger partial charge is 0.0730 e. The van der Waals surface area contributed by atoms with E-state index in [1.165, 1.54) is 47.9 Å². The molecule has 1 aromatic rings. The third kappa shape index (κ3) is 3.30. The molecule has 0 saturated carbocycles. The van der Waals surface area contributed by atoms with E-state index in [1.807, 2.05) is 13.8 Å². The Bertz CT molecular complexity index is 568. The Morgan fingerprint density at radius 3 is 2.25 bits per heavy atom. The van der Waals surface area contributed by atoms with Gasteiger partial charge in [0.05, 0.1) is 0 Å². The number of benzene rings is 1. The summed E-state index contributed by atoms with van der Waals surface area (Å²) in [6.07, 6.45) is 11.9. The molecule has 106 valence electrons. The lowest BCUT2D eigenvalue weighted by molar-refractivity contribution is 0.861. The second-order valence-corrected chi connectivity index (χ2v) is 5.58. The van der Waals surface area contributed by atoms with Crippen LogP contribution < -0.4 is 0 Å². The highest BCUT2D eigenvalue weighted by molar-refractivity contribution is 5.65. The maximum atomic E-state index is 2.40. The van der Waals surface area contributed by atoms with Crippen LogP contribution in [0.4, 0.5) is 0 Å². The van der Waals surface area contributed by atoms with Gasteiger partial charge in [-0.1, -0.05) is 61.4 Å². The van der Waals surface area contributed by atoms with Gasteiger partial charge in [-0.2, -0.15) is 0 Å². The van der Waals surface area contributed by atoms with E-state index in [9.17, 15) is 0 Å². The predicted octanol–water partition coefficient (Wildman–Crippen LogP) is 6.02. The van der Waals surface area contributed by atoms with Gasteiger partial charge in [-0.05, 0) is 61.8 Å². The number of hydrogen-bond donors (Lipinski definition) is 0. The van der Waals surface area contributed by atoms with E-state index in [4.69, 9.17) is 0 Å². The minimum Gasteiger partial charge on any atom is -0.0730 e. The number of allylic oxidation sites excluding steroid dienone is 5. The van der Waals surface area contributed by atoms with Crippen molar-refractivity contribution in [3.8, 4) is 0 Å². The molecule has 2 aliphatic carbocycles. The molecule has 0 fully saturated rings. The van der Waals surface area contributed by atoms with Gasteiger partial charge in [-0.15, -0.1) is 0 Å². The molecule has 0 amide bonds. The lowest BCUT2D eigenvalue weighted by Crippen LogP contribution is -2.03. The van der Waals surface area contributed by atoms with E-state index in [1.54, 1.807) is 11.1 Å². The maximum Gasteiger partial charge on any atom is -0.0221 e. The number of rotatable bonds is 1. The first-order valence-corrected chi connectivity index (χ1v) is 7.89. The molecular weight excluding hydrogens is 240 g/mol. The van der Waals surface area contributed by atoms with E-state index in [2.05, 4.69) is 50.3 Å². The summed E-state index contributed by atoms with van der Waals surface area (Å²) in [4.78, 5) is 0. The van der Waals surface area contributed by atoms with Crippen LogP contribution in [-0.4, -0.2) is 0 Å². The molecule has 0 N–H and O–H groups in total. The molecule has 0 unspecified atom stereocenters. The predicted molar refractivity (Wildman–Crippen MR) is 89.9 cm³/mol. The summed E-state index contributed by atoms with van der Waals surface area (Å²) in [5, 5.41) is 0. The average Bonchev–Trinajstić information content (AvgIpc) is 2.49. The Balaban J connectivity index is 0.000000704. The molecule has 2 aliphatic rings. The summed E-state index contributed by atoms with van der Waals surface area (Å²) >= 11 is 0. The summed E-state index contributed by atoms with van der Waals surface area (Å²) in [5.74, 6) is 0. The molecule has 0 aliphatic heterocycles. The van der Waals surface area contributed by atoms with Crippen molar-refractivity contribution in [3.63, 3.8) is 0 Å². The zero-order valence-electron chi connectivity index (χ0n) is 13.3. The van der Waals surface area contributed by atoms with Gasteiger partial charge in [0.2, 0.25) is 0 Å². The highest BCUT2D eigenvalue weighted by Gasteiger charge is 2.14. The molecule has 1 aromatic carbocycles. The van der Waals surface area contributed by atoms with Crippen LogP contribution in [0.2, 0.25) is 0 Å². The third-order valence-corrected chi connectivity index (χ3v) is 4.06. The molecule has 0 aromatic heterocycles. The summed E-state index contributed by atoms with van der Waals surface area (Å²) in [5.41, 5.74) is 8.92. The number of hydrogen-bond acceptors (Lipinski definition) is 0. The first kappa shape index (κ1) is 14.8. The van der Waals surface area contributed by atoms with Crippen LogP contribution in [0.1, 0.15) is 56.7 Å². The van der Waals surface area contributed by atoms with Crippen molar-refractivity contribution in [1.82, 2.24) is 0 Å². The molecule has 0 saturated heterocycles. The molecule has 0 spiro atoms. The Morgan fingerprint density at radius 1 is 0.800 bits per heavy atom. The van der Waals surface area contributed by atoms with Crippen LogP contribution in [0, 0.1) is 6.92 Å². The molecule has 20 heavy (non-hydrogen) atoms. The van der Waals surface area contributed by atoms with Crippen molar-refractivity contribution in [1.29, 1.82) is 0 Å². The SMILES string of the molecule is CC.CC1=CC=C(C2=Cc3ccc(C)cc3CC2)CC1. The fourth-order valence-electron chi connectivity index (χ4n) is 2.88. The van der Waals surface area contributed by atoms with E-state index < -0.39 is 0 Å². The highest BCUT2D eigenvalue weighted by atomic mass is 14.2. The van der Waals surface area contributed by atoms with Crippen molar-refractivity contribution in [2.45, 2.75) is 53.4 Å². The minimum atomic E-state index is 1.20. The van der Waals surface area contributed by atoms with E-state index >= 15 is 0 Å². The van der Waals surface area contributed by atoms with Gasteiger partial charge in [0.1, 0.15) is 0 Å². The van der Waals surface area contributed by atoms with Gasteiger partial charge >= 0.3 is 0 Å². The van der Waals surface area contributed by atoms with Crippen LogP contribution in [0.15, 0.2) is 47.1 Å². The summed E-state index contributed by atoms with van der Waals surface area (Å²) in [7, 11) is 0. The Labute approximate surface area is 123 Å². The molecule has 0 heterocycles. The minimum absolute atomic E-state index is 1.20. The number of fused-ring (bicyclic) bond motifs is 1. The van der Waals surface area contributed by atoms with E-state index in [-0.39, 0.29) is 0 Å². The van der Waals surface area contributed by atoms with Crippen LogP contribution in [0.25, 0.3) is 6.08 Å². The van der Waals surface area contributed by atoms with Gasteiger partial charge < -0.3 is 0 Å². The van der Waals surface area contributed by atoms with Crippen LogP contribution in [0.5, 0.6) is 0 Å². The lowest BCUT2D eigenvalue weighted by Gasteiger charge is -2.21. The zero-order chi connectivity index (χ0) is 14.5. The second-order valence-electron chi connectivity index (χ2n) is 5.58. The first-order chi connectivity index (χ1) is 9.72. The molecule has 0 nitrogen and oxygen atoms in total. The van der Waals surface area contributed by atoms with Crippen molar-refractivity contribution < 1.29 is 0 Å². The van der Waals surface area contributed by atoms with Crippen LogP contribution in [-0.2, 0) is 6.42 Å². The lowest BCUT2D eigenvalue weighted by atomic mass is 9.84. The molecule has 0 radical (unpaired) electrons. The molecule has 0 bridgehead atoms. The van der Waals surface area contributed by atoms with Crippen molar-refractivity contribution in [3.05, 3.63) is 63.8 Å². The van der Waals surface area contributed by atoms with Crippen LogP contribution >= 0.6 is 0 Å². The Morgan fingerprint density at radius 2 is 1.55 bits per heavy atom. The molecule has 0 heteroatoms. The van der Waals surface area contributed by atoms with E-state index in [0.717, 1.165) is 0 Å². The van der Waals surface area contributed by atoms with Gasteiger partial charge in [0.15, 0.2) is 0 Å². The smallest absolute Gasteiger partial charge is 0.0221 e. The Hall–Kier alpha value is -1.56. The van der Waals surface area contributed by atoms with Crippen molar-refractivity contribution >= 4 is 6.08 Å². The summed E-state index contributed by atoms with van der Waals surface area (Å²) < 4.78 is 0. The van der Waals surface area contributed by atoms with Crippen molar-refractivity contribution in [2.24, 2.45) is 0 Å². The Kier molecular flexibility index (Phi) is 5.00. The molecule has 3 rings (SSSR count). The fourth-order valence-corrected chi connectivity index (χ4v) is 2.88. The van der Waals surface area contributed by atoms with Gasteiger partial charge in [-0.3, -0.25) is 0 Å². The zero-order valence-corrected chi connectivity index (χ0v) is 13.3. The molecular formula is C20H26.